The van der Waals surface area contributed by atoms with E-state index in [1.54, 1.807) is 73.3 Å². The molecule has 0 radical (unpaired) electrons. The molecule has 0 bridgehead atoms. The second-order valence-electron chi connectivity index (χ2n) is 6.88. The van der Waals surface area contributed by atoms with Gasteiger partial charge < -0.3 is 14.6 Å². The summed E-state index contributed by atoms with van der Waals surface area (Å²) in [7, 11) is 1.55. The number of rotatable bonds is 7. The highest BCUT2D eigenvalue weighted by atomic mass is 32.1. The lowest BCUT2D eigenvalue weighted by Crippen LogP contribution is -2.29. The molecule has 7 nitrogen and oxygen atoms in total. The third kappa shape index (κ3) is 3.88. The molecule has 1 fully saturated rings. The summed E-state index contributed by atoms with van der Waals surface area (Å²) < 4.78 is 10.7. The average molecular weight is 449 g/mol. The third-order valence-corrected chi connectivity index (χ3v) is 5.77. The van der Waals surface area contributed by atoms with Gasteiger partial charge in [0.25, 0.3) is 5.78 Å². The Balaban J connectivity index is 1.82. The van der Waals surface area contributed by atoms with Gasteiger partial charge in [-0.1, -0.05) is 24.8 Å². The summed E-state index contributed by atoms with van der Waals surface area (Å²) in [4.78, 5) is 31.6. The number of ether oxygens (including phenoxy) is 2. The number of aromatic nitrogens is 1. The van der Waals surface area contributed by atoms with Crippen LogP contribution < -0.4 is 14.4 Å². The standard InChI is InChI=1S/C24H20N2O5S/c1-3-13-31-18-10-6-16(7-11-18)21(27)19-20(15-4-8-17(30-2)9-5-15)26(23(29)22(19)28)24-25-12-14-32-24/h3-12,14,20,27H,1,13H2,2H3. The first kappa shape index (κ1) is 21.3. The van der Waals surface area contributed by atoms with E-state index in [2.05, 4.69) is 11.6 Å². The molecule has 0 spiro atoms. The van der Waals surface area contributed by atoms with Crippen molar-refractivity contribution in [2.24, 2.45) is 0 Å². The van der Waals surface area contributed by atoms with Crippen LogP contribution in [0.25, 0.3) is 5.76 Å². The number of hydrogen-bond acceptors (Lipinski definition) is 7. The molecule has 162 valence electrons. The number of anilines is 1. The van der Waals surface area contributed by atoms with Crippen LogP contribution in [-0.2, 0) is 9.59 Å². The first-order valence-corrected chi connectivity index (χ1v) is 10.6. The van der Waals surface area contributed by atoms with Crippen LogP contribution in [0.5, 0.6) is 11.5 Å². The van der Waals surface area contributed by atoms with E-state index in [9.17, 15) is 14.7 Å². The van der Waals surface area contributed by atoms with Crippen molar-refractivity contribution in [2.45, 2.75) is 6.04 Å². The Morgan fingerprint density at radius 2 is 1.84 bits per heavy atom. The summed E-state index contributed by atoms with van der Waals surface area (Å²) in [6.07, 6.45) is 3.19. The predicted octanol–water partition coefficient (Wildman–Crippen LogP) is 4.34. The van der Waals surface area contributed by atoms with Gasteiger partial charge in [0.1, 0.15) is 23.9 Å². The van der Waals surface area contributed by atoms with Crippen LogP contribution in [-0.4, -0.2) is 35.5 Å². The average Bonchev–Trinajstić information content (AvgIpc) is 3.44. The van der Waals surface area contributed by atoms with Crippen LogP contribution >= 0.6 is 11.3 Å². The highest BCUT2D eigenvalue weighted by molar-refractivity contribution is 7.14. The predicted molar refractivity (Wildman–Crippen MR) is 122 cm³/mol. The van der Waals surface area contributed by atoms with E-state index < -0.39 is 17.7 Å². The molecule has 2 aromatic carbocycles. The molecule has 1 N–H and O–H groups in total. The zero-order chi connectivity index (χ0) is 22.7. The number of aliphatic hydroxyl groups is 1. The van der Waals surface area contributed by atoms with Crippen molar-refractivity contribution >= 4 is 33.9 Å². The van der Waals surface area contributed by atoms with E-state index in [0.29, 0.717) is 34.4 Å². The fourth-order valence-corrected chi connectivity index (χ4v) is 4.15. The van der Waals surface area contributed by atoms with Crippen molar-refractivity contribution in [3.8, 4) is 11.5 Å². The molecule has 3 aromatic rings. The van der Waals surface area contributed by atoms with Crippen molar-refractivity contribution < 1.29 is 24.2 Å². The second-order valence-corrected chi connectivity index (χ2v) is 7.75. The summed E-state index contributed by atoms with van der Waals surface area (Å²) in [6.45, 7) is 3.96. The molecule has 8 heteroatoms. The second kappa shape index (κ2) is 9.07. The van der Waals surface area contributed by atoms with E-state index >= 15 is 0 Å². The summed E-state index contributed by atoms with van der Waals surface area (Å²) >= 11 is 1.24. The van der Waals surface area contributed by atoms with Gasteiger partial charge in [-0.15, -0.1) is 11.3 Å². The quantitative estimate of drug-likeness (QED) is 0.250. The van der Waals surface area contributed by atoms with Crippen LogP contribution in [0.3, 0.4) is 0 Å². The third-order valence-electron chi connectivity index (χ3n) is 5.00. The number of benzene rings is 2. The lowest BCUT2D eigenvalue weighted by atomic mass is 9.95. The monoisotopic (exact) mass is 448 g/mol. The lowest BCUT2D eigenvalue weighted by molar-refractivity contribution is -0.132. The number of amides is 1. The molecule has 32 heavy (non-hydrogen) atoms. The van der Waals surface area contributed by atoms with E-state index in [1.165, 1.54) is 16.2 Å². The summed E-state index contributed by atoms with van der Waals surface area (Å²) in [5.74, 6) is -0.552. The van der Waals surface area contributed by atoms with Gasteiger partial charge in [0, 0.05) is 17.1 Å². The first-order valence-electron chi connectivity index (χ1n) is 9.73. The fourth-order valence-electron chi connectivity index (χ4n) is 3.49. The maximum absolute atomic E-state index is 13.0. The Labute approximate surface area is 188 Å². The van der Waals surface area contributed by atoms with Gasteiger partial charge >= 0.3 is 5.91 Å². The number of carbonyl (C=O) groups is 2. The van der Waals surface area contributed by atoms with Gasteiger partial charge in [0.2, 0.25) is 0 Å². The number of hydrogen-bond donors (Lipinski definition) is 1. The highest BCUT2D eigenvalue weighted by Gasteiger charge is 2.47. The number of thiazole rings is 1. The SMILES string of the molecule is C=CCOc1ccc(C(O)=C2C(=O)C(=O)N(c3nccs3)C2c2ccc(OC)cc2)cc1. The Kier molecular flexibility index (Phi) is 6.04. The van der Waals surface area contributed by atoms with Crippen molar-refractivity contribution in [1.29, 1.82) is 0 Å². The minimum atomic E-state index is -0.830. The molecule has 4 rings (SSSR count). The fraction of sp³-hybridized carbons (Fsp3) is 0.125. The van der Waals surface area contributed by atoms with Crippen molar-refractivity contribution in [3.63, 3.8) is 0 Å². The van der Waals surface area contributed by atoms with Crippen LogP contribution in [0.4, 0.5) is 5.13 Å². The van der Waals surface area contributed by atoms with Crippen molar-refractivity contribution in [2.75, 3.05) is 18.6 Å². The summed E-state index contributed by atoms with van der Waals surface area (Å²) in [5.41, 5.74) is 1.04. The maximum Gasteiger partial charge on any atom is 0.301 e. The van der Waals surface area contributed by atoms with Crippen molar-refractivity contribution in [1.82, 2.24) is 4.98 Å². The zero-order valence-corrected chi connectivity index (χ0v) is 18.0. The van der Waals surface area contributed by atoms with E-state index in [4.69, 9.17) is 9.47 Å². The Morgan fingerprint density at radius 1 is 1.16 bits per heavy atom. The molecule has 1 amide bonds. The number of ketones is 1. The number of methoxy groups -OCH3 is 1. The van der Waals surface area contributed by atoms with Crippen LogP contribution in [0, 0.1) is 0 Å². The summed E-state index contributed by atoms with van der Waals surface area (Å²) in [5, 5.41) is 13.2. The Hall–Kier alpha value is -3.91. The zero-order valence-electron chi connectivity index (χ0n) is 17.2. The van der Waals surface area contributed by atoms with Gasteiger partial charge in [0.05, 0.1) is 18.7 Å². The number of nitrogens with zero attached hydrogens (tertiary/aromatic N) is 2. The van der Waals surface area contributed by atoms with Crippen LogP contribution in [0.2, 0.25) is 0 Å². The molecule has 1 aliphatic rings. The largest absolute Gasteiger partial charge is 0.507 e. The molecule has 1 unspecified atom stereocenters. The lowest BCUT2D eigenvalue weighted by Gasteiger charge is -2.23. The minimum Gasteiger partial charge on any atom is -0.507 e. The molecule has 2 heterocycles. The first-order chi connectivity index (χ1) is 15.5. The van der Waals surface area contributed by atoms with E-state index in [1.807, 2.05) is 0 Å². The van der Waals surface area contributed by atoms with Gasteiger partial charge in [-0.25, -0.2) is 4.98 Å². The normalized spacial score (nSPS) is 17.4. The molecule has 1 aromatic heterocycles. The van der Waals surface area contributed by atoms with E-state index in [-0.39, 0.29) is 11.3 Å². The maximum atomic E-state index is 13.0. The minimum absolute atomic E-state index is 0.00451. The number of Topliss-reactive ketones (excluding diaryl/α,β-unsaturated/α-hetero) is 1. The molecule has 1 saturated heterocycles. The number of aliphatic hydroxyl groups excluding tert-OH is 1. The number of carbonyl (C=O) groups excluding carboxylic acids is 2. The molecule has 0 saturated carbocycles. The molecular formula is C24H20N2O5S. The van der Waals surface area contributed by atoms with Crippen molar-refractivity contribution in [3.05, 3.63) is 89.5 Å². The highest BCUT2D eigenvalue weighted by Crippen LogP contribution is 2.43. The van der Waals surface area contributed by atoms with Crippen LogP contribution in [0.15, 0.2) is 78.3 Å². The van der Waals surface area contributed by atoms with Gasteiger partial charge in [-0.2, -0.15) is 0 Å². The smallest absolute Gasteiger partial charge is 0.301 e. The van der Waals surface area contributed by atoms with Gasteiger partial charge in [-0.3, -0.25) is 14.5 Å². The van der Waals surface area contributed by atoms with Gasteiger partial charge in [0.15, 0.2) is 5.13 Å². The summed E-state index contributed by atoms with van der Waals surface area (Å²) in [6, 6.07) is 12.8. The van der Waals surface area contributed by atoms with Gasteiger partial charge in [-0.05, 0) is 42.0 Å². The molecule has 0 aliphatic carbocycles. The Morgan fingerprint density at radius 3 is 2.44 bits per heavy atom. The molecular weight excluding hydrogens is 428 g/mol. The molecule has 1 aliphatic heterocycles. The Bertz CT molecular complexity index is 1170. The molecule has 1 atom stereocenters. The van der Waals surface area contributed by atoms with E-state index in [0.717, 1.165) is 0 Å². The van der Waals surface area contributed by atoms with Crippen LogP contribution in [0.1, 0.15) is 17.2 Å². The topological polar surface area (TPSA) is 89.0 Å².